The van der Waals surface area contributed by atoms with Crippen molar-refractivity contribution in [3.05, 3.63) is 101 Å². The Balaban J connectivity index is 1.66. The van der Waals surface area contributed by atoms with Crippen molar-refractivity contribution in [2.24, 2.45) is 0 Å². The largest absolute Gasteiger partial charge is 0.421 e. The fraction of sp³-hybridized carbons (Fsp3) is 0.222. The van der Waals surface area contributed by atoms with Crippen LogP contribution in [0.2, 0.25) is 0 Å². The molecule has 0 amide bonds. The van der Waals surface area contributed by atoms with Crippen LogP contribution in [0, 0.1) is 0 Å². The fourth-order valence-corrected chi connectivity index (χ4v) is 4.72. The Labute approximate surface area is 196 Å². The molecule has 1 aliphatic heterocycles. The second-order valence-electron chi connectivity index (χ2n) is 9.34. The maximum Gasteiger partial charge on any atom is 0.342 e. The average molecular weight is 457 g/mol. The molecule has 3 aromatic carbocycles. The number of hydrogen-bond donors (Lipinski definition) is 1. The van der Waals surface area contributed by atoms with Gasteiger partial charge in [-0.3, -0.25) is 0 Å². The zero-order valence-corrected chi connectivity index (χ0v) is 19.5. The highest BCUT2D eigenvalue weighted by Gasteiger charge is 2.48. The quantitative estimate of drug-likeness (QED) is 0.417. The van der Waals surface area contributed by atoms with E-state index in [1.807, 2.05) is 48.5 Å². The molecule has 33 heavy (non-hydrogen) atoms. The highest BCUT2D eigenvalue weighted by molar-refractivity contribution is 7.00. The summed E-state index contributed by atoms with van der Waals surface area (Å²) in [6.45, 7) is 6.51. The third-order valence-corrected chi connectivity index (χ3v) is 6.62. The lowest BCUT2D eigenvalue weighted by atomic mass is 9.85. The highest BCUT2D eigenvalue weighted by Crippen LogP contribution is 2.45. The molecule has 1 N–H and O–H groups in total. The summed E-state index contributed by atoms with van der Waals surface area (Å²) < 4.78 is 14.2. The molecule has 5 nitrogen and oxygen atoms in total. The van der Waals surface area contributed by atoms with E-state index in [-0.39, 0.29) is 5.41 Å². The standard InChI is InChI=1S/C27H24N2O3S/c1-26(2,3)19-12-9-17(10-13-19)15-21-24(18-11-14-22-23(16-18)29-33-28-22)25(30)32-27(21,31)20-7-5-4-6-8-20/h4-14,16,31H,15H2,1-3H3. The lowest BCUT2D eigenvalue weighted by Crippen LogP contribution is -2.29. The van der Waals surface area contributed by atoms with Crippen LogP contribution in [0.25, 0.3) is 16.6 Å². The van der Waals surface area contributed by atoms with Crippen LogP contribution < -0.4 is 0 Å². The Morgan fingerprint density at radius 1 is 0.939 bits per heavy atom. The van der Waals surface area contributed by atoms with Crippen molar-refractivity contribution >= 4 is 34.3 Å². The average Bonchev–Trinajstić information content (AvgIpc) is 3.36. The van der Waals surface area contributed by atoms with Crippen molar-refractivity contribution in [2.45, 2.75) is 38.4 Å². The zero-order valence-electron chi connectivity index (χ0n) is 18.7. The summed E-state index contributed by atoms with van der Waals surface area (Å²) in [6, 6.07) is 22.8. The van der Waals surface area contributed by atoms with Crippen molar-refractivity contribution in [1.82, 2.24) is 8.75 Å². The molecule has 5 rings (SSSR count). The third-order valence-electron chi connectivity index (χ3n) is 6.06. The van der Waals surface area contributed by atoms with Crippen LogP contribution in [0.15, 0.2) is 78.4 Å². The Hall–Kier alpha value is -3.35. The molecule has 4 aromatic rings. The first-order valence-corrected chi connectivity index (χ1v) is 11.6. The predicted octanol–water partition coefficient (Wildman–Crippen LogP) is 5.39. The molecule has 0 aliphatic carbocycles. The minimum Gasteiger partial charge on any atom is -0.421 e. The van der Waals surface area contributed by atoms with E-state index in [1.54, 1.807) is 12.1 Å². The van der Waals surface area contributed by atoms with E-state index < -0.39 is 11.8 Å². The molecule has 2 heterocycles. The number of nitrogens with zero attached hydrogens (tertiary/aromatic N) is 2. The fourth-order valence-electron chi connectivity index (χ4n) is 4.20. The number of rotatable bonds is 4. The first-order chi connectivity index (χ1) is 15.8. The van der Waals surface area contributed by atoms with Crippen LogP contribution >= 0.6 is 11.7 Å². The summed E-state index contributed by atoms with van der Waals surface area (Å²) in [4.78, 5) is 13.2. The Morgan fingerprint density at radius 2 is 1.64 bits per heavy atom. The van der Waals surface area contributed by atoms with Gasteiger partial charge in [0.2, 0.25) is 0 Å². The van der Waals surface area contributed by atoms with Crippen molar-refractivity contribution in [2.75, 3.05) is 0 Å². The number of aliphatic hydroxyl groups is 1. The maximum atomic E-state index is 13.2. The second kappa shape index (κ2) is 7.90. The molecule has 1 aromatic heterocycles. The van der Waals surface area contributed by atoms with E-state index in [0.717, 1.165) is 22.8 Å². The van der Waals surface area contributed by atoms with Gasteiger partial charge in [-0.25, -0.2) is 4.79 Å². The van der Waals surface area contributed by atoms with Gasteiger partial charge in [0, 0.05) is 17.6 Å². The number of esters is 1. The van der Waals surface area contributed by atoms with Crippen LogP contribution in [-0.2, 0) is 27.2 Å². The predicted molar refractivity (Wildman–Crippen MR) is 130 cm³/mol. The van der Waals surface area contributed by atoms with E-state index in [9.17, 15) is 9.90 Å². The Kier molecular flexibility index (Phi) is 5.15. The van der Waals surface area contributed by atoms with Crippen LogP contribution in [0.3, 0.4) is 0 Å². The molecule has 0 bridgehead atoms. The topological polar surface area (TPSA) is 72.3 Å². The number of hydrogen-bond acceptors (Lipinski definition) is 6. The smallest absolute Gasteiger partial charge is 0.342 e. The van der Waals surface area contributed by atoms with Crippen molar-refractivity contribution in [3.8, 4) is 0 Å². The van der Waals surface area contributed by atoms with E-state index in [2.05, 4.69) is 41.7 Å². The van der Waals surface area contributed by atoms with Crippen molar-refractivity contribution in [1.29, 1.82) is 0 Å². The summed E-state index contributed by atoms with van der Waals surface area (Å²) in [5, 5.41) is 11.7. The SMILES string of the molecule is CC(C)(C)c1ccc(CC2=C(c3ccc4nsnc4c3)C(=O)OC2(O)c2ccccc2)cc1. The minimum atomic E-state index is -1.84. The third kappa shape index (κ3) is 3.86. The summed E-state index contributed by atoms with van der Waals surface area (Å²) >= 11 is 1.13. The zero-order chi connectivity index (χ0) is 23.2. The molecule has 0 saturated carbocycles. The molecule has 6 heteroatoms. The molecule has 1 unspecified atom stereocenters. The Morgan fingerprint density at radius 3 is 2.33 bits per heavy atom. The molecular weight excluding hydrogens is 432 g/mol. The van der Waals surface area contributed by atoms with Gasteiger partial charge in [0.1, 0.15) is 11.0 Å². The van der Waals surface area contributed by atoms with Gasteiger partial charge in [-0.15, -0.1) is 0 Å². The number of carbonyl (C=O) groups excluding carboxylic acids is 1. The van der Waals surface area contributed by atoms with Gasteiger partial charge in [-0.2, -0.15) is 8.75 Å². The van der Waals surface area contributed by atoms with Gasteiger partial charge < -0.3 is 9.84 Å². The number of ether oxygens (including phenoxy) is 1. The summed E-state index contributed by atoms with van der Waals surface area (Å²) in [5.41, 5.74) is 5.80. The number of carbonyl (C=O) groups is 1. The number of benzene rings is 3. The molecule has 166 valence electrons. The van der Waals surface area contributed by atoms with Crippen LogP contribution in [0.4, 0.5) is 0 Å². The molecule has 1 atom stereocenters. The Bertz CT molecular complexity index is 1370. The minimum absolute atomic E-state index is 0.0388. The number of cyclic esters (lactones) is 1. The van der Waals surface area contributed by atoms with E-state index in [1.165, 1.54) is 5.56 Å². The summed E-state index contributed by atoms with van der Waals surface area (Å²) in [5.74, 6) is -2.39. The maximum absolute atomic E-state index is 13.2. The van der Waals surface area contributed by atoms with Crippen molar-refractivity contribution in [3.63, 3.8) is 0 Å². The van der Waals surface area contributed by atoms with E-state index in [0.29, 0.717) is 34.2 Å². The normalized spacial score (nSPS) is 18.7. The highest BCUT2D eigenvalue weighted by atomic mass is 32.1. The van der Waals surface area contributed by atoms with Crippen LogP contribution in [0.5, 0.6) is 0 Å². The van der Waals surface area contributed by atoms with Gasteiger partial charge in [0.05, 0.1) is 17.3 Å². The van der Waals surface area contributed by atoms with E-state index >= 15 is 0 Å². The number of aromatic nitrogens is 2. The van der Waals surface area contributed by atoms with Crippen molar-refractivity contribution < 1.29 is 14.6 Å². The molecule has 0 fully saturated rings. The molecule has 1 aliphatic rings. The molecular formula is C27H24N2O3S. The van der Waals surface area contributed by atoms with Gasteiger partial charge in [0.25, 0.3) is 5.79 Å². The molecule has 0 spiro atoms. The number of fused-ring (bicyclic) bond motifs is 1. The van der Waals surface area contributed by atoms with Crippen LogP contribution in [-0.4, -0.2) is 19.8 Å². The second-order valence-corrected chi connectivity index (χ2v) is 9.87. The first-order valence-electron chi connectivity index (χ1n) is 10.8. The van der Waals surface area contributed by atoms with Gasteiger partial charge in [0.15, 0.2) is 0 Å². The van der Waals surface area contributed by atoms with Gasteiger partial charge in [-0.05, 0) is 34.2 Å². The lowest BCUT2D eigenvalue weighted by molar-refractivity contribution is -0.185. The van der Waals surface area contributed by atoms with Gasteiger partial charge in [-0.1, -0.05) is 81.4 Å². The van der Waals surface area contributed by atoms with Gasteiger partial charge >= 0.3 is 5.97 Å². The van der Waals surface area contributed by atoms with Crippen LogP contribution in [0.1, 0.15) is 43.0 Å². The molecule has 0 saturated heterocycles. The van der Waals surface area contributed by atoms with E-state index in [4.69, 9.17) is 4.74 Å². The first kappa shape index (κ1) is 21.5. The molecule has 0 radical (unpaired) electrons. The lowest BCUT2D eigenvalue weighted by Gasteiger charge is -2.26. The summed E-state index contributed by atoms with van der Waals surface area (Å²) in [6.07, 6.45) is 0.365. The monoisotopic (exact) mass is 456 g/mol. The summed E-state index contributed by atoms with van der Waals surface area (Å²) in [7, 11) is 0.